The zero-order valence-electron chi connectivity index (χ0n) is 10.5. The number of hydrogen-bond acceptors (Lipinski definition) is 5. The van der Waals surface area contributed by atoms with Crippen molar-refractivity contribution in [3.63, 3.8) is 0 Å². The largest absolute Gasteiger partial charge is 0.507 e. The molecular weight excluding hydrogens is 280 g/mol. The number of aromatic hydroxyl groups is 1. The quantitative estimate of drug-likeness (QED) is 0.598. The smallest absolute Gasteiger partial charge is 0.188 e. The molecule has 5 heteroatoms. The van der Waals surface area contributed by atoms with E-state index in [1.807, 2.05) is 30.3 Å². The predicted octanol–water partition coefficient (Wildman–Crippen LogP) is 3.64. The average Bonchev–Trinajstić information content (AvgIpc) is 2.42. The third kappa shape index (κ3) is 5.92. The first-order valence-corrected chi connectivity index (χ1v) is 6.41. The fraction of sp³-hybridized carbons (Fsp3) is 0.143. The summed E-state index contributed by atoms with van der Waals surface area (Å²) in [6.45, 7) is 0.261. The molecule has 0 fully saturated rings. The standard InChI is InChI=1S/C8H10O2S.C6H6OS/c1-9-6-10-7-4-2-3-5-8(7)11;7-5-3-1-2-4-6(5)8/h2-5,11H,6H2,1H3;1-4,7-8H. The Balaban J connectivity index is 0.000000200. The van der Waals surface area contributed by atoms with Crippen LogP contribution in [0, 0.1) is 0 Å². The van der Waals surface area contributed by atoms with E-state index in [1.54, 1.807) is 25.3 Å². The highest BCUT2D eigenvalue weighted by molar-refractivity contribution is 7.80. The minimum absolute atomic E-state index is 0.232. The molecule has 0 heterocycles. The van der Waals surface area contributed by atoms with Gasteiger partial charge in [0.05, 0.1) is 0 Å². The fourth-order valence-electron chi connectivity index (χ4n) is 1.17. The predicted molar refractivity (Wildman–Crippen MR) is 81.6 cm³/mol. The summed E-state index contributed by atoms with van der Waals surface area (Å²) < 4.78 is 9.93. The van der Waals surface area contributed by atoms with Crippen LogP contribution in [0.4, 0.5) is 0 Å². The number of rotatable bonds is 3. The van der Waals surface area contributed by atoms with Gasteiger partial charge in [-0.25, -0.2) is 0 Å². The molecule has 0 amide bonds. The molecule has 0 atom stereocenters. The van der Waals surface area contributed by atoms with Crippen molar-refractivity contribution in [3.8, 4) is 11.5 Å². The number of thiol groups is 2. The highest BCUT2D eigenvalue weighted by atomic mass is 32.1. The molecule has 2 rings (SSSR count). The zero-order chi connectivity index (χ0) is 14.1. The fourth-order valence-corrected chi connectivity index (χ4v) is 1.55. The number of hydrogen-bond donors (Lipinski definition) is 3. The molecule has 0 unspecified atom stereocenters. The number of phenols is 1. The summed E-state index contributed by atoms with van der Waals surface area (Å²) in [4.78, 5) is 1.44. The lowest BCUT2D eigenvalue weighted by atomic mass is 10.3. The lowest BCUT2D eigenvalue weighted by Gasteiger charge is -2.05. The Morgan fingerprint density at radius 2 is 1.53 bits per heavy atom. The van der Waals surface area contributed by atoms with E-state index in [-0.39, 0.29) is 12.5 Å². The molecule has 0 saturated carbocycles. The molecule has 3 nitrogen and oxygen atoms in total. The van der Waals surface area contributed by atoms with Crippen LogP contribution < -0.4 is 4.74 Å². The van der Waals surface area contributed by atoms with Crippen LogP contribution in [0.5, 0.6) is 11.5 Å². The molecule has 102 valence electrons. The maximum atomic E-state index is 8.84. The summed E-state index contributed by atoms with van der Waals surface area (Å²) in [6.07, 6.45) is 0. The van der Waals surface area contributed by atoms with Crippen molar-refractivity contribution < 1.29 is 14.6 Å². The molecule has 0 radical (unpaired) electrons. The Labute approximate surface area is 124 Å². The van der Waals surface area contributed by atoms with Gasteiger partial charge in [0.15, 0.2) is 6.79 Å². The first-order chi connectivity index (χ1) is 9.15. The number of para-hydroxylation sites is 2. The van der Waals surface area contributed by atoms with Gasteiger partial charge in [0.25, 0.3) is 0 Å². The van der Waals surface area contributed by atoms with E-state index in [2.05, 4.69) is 25.3 Å². The van der Waals surface area contributed by atoms with Crippen LogP contribution in [-0.4, -0.2) is 19.0 Å². The minimum Gasteiger partial charge on any atom is -0.507 e. The van der Waals surface area contributed by atoms with Gasteiger partial charge < -0.3 is 14.6 Å². The van der Waals surface area contributed by atoms with Crippen molar-refractivity contribution in [1.82, 2.24) is 0 Å². The first-order valence-electron chi connectivity index (χ1n) is 5.52. The van der Waals surface area contributed by atoms with Gasteiger partial charge in [-0.3, -0.25) is 0 Å². The lowest BCUT2D eigenvalue weighted by Crippen LogP contribution is -1.98. The zero-order valence-corrected chi connectivity index (χ0v) is 12.3. The van der Waals surface area contributed by atoms with Gasteiger partial charge in [0.2, 0.25) is 0 Å². The Morgan fingerprint density at radius 3 is 2.00 bits per heavy atom. The second-order valence-electron chi connectivity index (χ2n) is 3.51. The Kier molecular flexibility index (Phi) is 7.25. The van der Waals surface area contributed by atoms with Crippen LogP contribution in [0.3, 0.4) is 0 Å². The molecule has 0 aliphatic heterocycles. The van der Waals surface area contributed by atoms with Crippen molar-refractivity contribution in [1.29, 1.82) is 0 Å². The highest BCUT2D eigenvalue weighted by Crippen LogP contribution is 2.20. The molecule has 2 aromatic carbocycles. The van der Waals surface area contributed by atoms with E-state index in [4.69, 9.17) is 14.6 Å². The van der Waals surface area contributed by atoms with Gasteiger partial charge in [-0.2, -0.15) is 0 Å². The second-order valence-corrected chi connectivity index (χ2v) is 4.47. The maximum absolute atomic E-state index is 8.84. The SMILES string of the molecule is COCOc1ccccc1S.Oc1ccccc1S. The summed E-state index contributed by atoms with van der Waals surface area (Å²) in [5.41, 5.74) is 0. The summed E-state index contributed by atoms with van der Waals surface area (Å²) in [6, 6.07) is 14.4. The van der Waals surface area contributed by atoms with Crippen LogP contribution >= 0.6 is 25.3 Å². The summed E-state index contributed by atoms with van der Waals surface area (Å²) in [5.74, 6) is 0.980. The van der Waals surface area contributed by atoms with Gasteiger partial charge in [-0.05, 0) is 24.3 Å². The molecule has 0 bridgehead atoms. The van der Waals surface area contributed by atoms with Gasteiger partial charge in [0.1, 0.15) is 11.5 Å². The van der Waals surface area contributed by atoms with E-state index in [9.17, 15) is 0 Å². The second kappa shape index (κ2) is 8.74. The monoisotopic (exact) mass is 296 g/mol. The van der Waals surface area contributed by atoms with Crippen LogP contribution in [0.15, 0.2) is 58.3 Å². The van der Waals surface area contributed by atoms with Gasteiger partial charge >= 0.3 is 0 Å². The van der Waals surface area contributed by atoms with E-state index < -0.39 is 0 Å². The molecular formula is C14H16O3S2. The molecule has 1 N–H and O–H groups in total. The van der Waals surface area contributed by atoms with Crippen molar-refractivity contribution >= 4 is 25.3 Å². The minimum atomic E-state index is 0.232. The van der Waals surface area contributed by atoms with E-state index in [0.29, 0.717) is 4.90 Å². The number of benzene rings is 2. The topological polar surface area (TPSA) is 38.7 Å². The maximum Gasteiger partial charge on any atom is 0.188 e. The third-order valence-corrected chi connectivity index (χ3v) is 2.83. The number of ether oxygens (including phenoxy) is 2. The average molecular weight is 296 g/mol. The Morgan fingerprint density at radius 1 is 0.947 bits per heavy atom. The van der Waals surface area contributed by atoms with E-state index in [0.717, 1.165) is 10.6 Å². The molecule has 0 spiro atoms. The van der Waals surface area contributed by atoms with E-state index >= 15 is 0 Å². The lowest BCUT2D eigenvalue weighted by molar-refractivity contribution is 0.0492. The molecule has 2 aromatic rings. The van der Waals surface area contributed by atoms with Crippen molar-refractivity contribution in [2.45, 2.75) is 9.79 Å². The summed E-state index contributed by atoms with van der Waals surface area (Å²) >= 11 is 8.14. The van der Waals surface area contributed by atoms with E-state index in [1.165, 1.54) is 0 Å². The molecule has 0 aliphatic rings. The van der Waals surface area contributed by atoms with Crippen LogP contribution in [0.2, 0.25) is 0 Å². The van der Waals surface area contributed by atoms with Crippen LogP contribution in [0.1, 0.15) is 0 Å². The molecule has 19 heavy (non-hydrogen) atoms. The summed E-state index contributed by atoms with van der Waals surface area (Å²) in [7, 11) is 1.58. The molecule has 0 aliphatic carbocycles. The normalized spacial score (nSPS) is 9.42. The highest BCUT2D eigenvalue weighted by Gasteiger charge is 1.95. The van der Waals surface area contributed by atoms with Crippen molar-refractivity contribution in [3.05, 3.63) is 48.5 Å². The number of phenolic OH excluding ortho intramolecular Hbond substituents is 1. The number of methoxy groups -OCH3 is 1. The van der Waals surface area contributed by atoms with Crippen LogP contribution in [0.25, 0.3) is 0 Å². The Bertz CT molecular complexity index is 483. The van der Waals surface area contributed by atoms with Crippen LogP contribution in [-0.2, 0) is 4.74 Å². The van der Waals surface area contributed by atoms with Gasteiger partial charge in [0, 0.05) is 16.9 Å². The van der Waals surface area contributed by atoms with Crippen molar-refractivity contribution in [2.24, 2.45) is 0 Å². The molecule has 0 aromatic heterocycles. The first kappa shape index (κ1) is 15.8. The van der Waals surface area contributed by atoms with Gasteiger partial charge in [-0.1, -0.05) is 24.3 Å². The van der Waals surface area contributed by atoms with Gasteiger partial charge in [-0.15, -0.1) is 25.3 Å². The molecule has 0 saturated heterocycles. The summed E-state index contributed by atoms with van der Waals surface area (Å²) in [5, 5.41) is 8.84. The Hall–Kier alpha value is -1.30. The van der Waals surface area contributed by atoms with Crippen molar-refractivity contribution in [2.75, 3.05) is 13.9 Å². The third-order valence-electron chi connectivity index (χ3n) is 2.08.